The van der Waals surface area contributed by atoms with Crippen LogP contribution in [0.2, 0.25) is 0 Å². The third-order valence-electron chi connectivity index (χ3n) is 7.05. The summed E-state index contributed by atoms with van der Waals surface area (Å²) in [5.41, 5.74) is 5.29. The maximum absolute atomic E-state index is 12.5. The molecule has 0 bridgehead atoms. The Bertz CT molecular complexity index is 815. The van der Waals surface area contributed by atoms with Crippen LogP contribution in [0.5, 0.6) is 5.75 Å². The number of nitrogens with zero attached hydrogens (tertiary/aromatic N) is 1. The van der Waals surface area contributed by atoms with E-state index in [-0.39, 0.29) is 36.6 Å². The van der Waals surface area contributed by atoms with Gasteiger partial charge in [-0.2, -0.15) is 0 Å². The van der Waals surface area contributed by atoms with Crippen LogP contribution in [-0.2, 0) is 15.1 Å². The molecule has 8 nitrogen and oxygen atoms in total. The van der Waals surface area contributed by atoms with E-state index in [1.54, 1.807) is 7.11 Å². The van der Waals surface area contributed by atoms with Gasteiger partial charge in [-0.15, -0.1) is 0 Å². The molecular weight excluding hydrogens is 434 g/mol. The van der Waals surface area contributed by atoms with Crippen molar-refractivity contribution in [3.8, 4) is 5.75 Å². The second kappa shape index (κ2) is 12.5. The number of imide groups is 1. The fourth-order valence-electron chi connectivity index (χ4n) is 5.07. The van der Waals surface area contributed by atoms with Crippen molar-refractivity contribution >= 4 is 12.0 Å². The number of carbonyl (C=O) groups is 2. The van der Waals surface area contributed by atoms with E-state index in [0.29, 0.717) is 31.1 Å². The molecule has 1 aliphatic carbocycles. The Labute approximate surface area is 204 Å². The monoisotopic (exact) mass is 477 g/mol. The molecule has 4 N–H and O–H groups in total. The second-order valence-electron chi connectivity index (χ2n) is 10.3. The minimum Gasteiger partial charge on any atom is -0.497 e. The van der Waals surface area contributed by atoms with E-state index in [1.165, 1.54) is 0 Å². The Hall–Kier alpha value is -2.16. The van der Waals surface area contributed by atoms with Crippen molar-refractivity contribution in [1.29, 1.82) is 0 Å². The van der Waals surface area contributed by atoms with Gasteiger partial charge in [0.05, 0.1) is 12.7 Å². The number of rotatable bonds is 10. The van der Waals surface area contributed by atoms with Crippen LogP contribution in [0.1, 0.15) is 58.4 Å². The van der Waals surface area contributed by atoms with Crippen molar-refractivity contribution in [3.63, 3.8) is 0 Å². The molecule has 5 atom stereocenters. The molecular formula is C26H43N3O5. The molecule has 0 saturated heterocycles. The molecule has 34 heavy (non-hydrogen) atoms. The lowest BCUT2D eigenvalue weighted by Gasteiger charge is -2.47. The van der Waals surface area contributed by atoms with E-state index in [2.05, 4.69) is 31.0 Å². The van der Waals surface area contributed by atoms with Crippen molar-refractivity contribution < 1.29 is 24.2 Å². The van der Waals surface area contributed by atoms with Crippen molar-refractivity contribution in [2.75, 3.05) is 27.7 Å². The first-order valence-electron chi connectivity index (χ1n) is 12.2. The molecule has 0 radical (unpaired) electrons. The molecule has 0 heterocycles. The number of nitrogens with two attached hydrogens (primary N) is 1. The number of ether oxygens (including phenoxy) is 2. The highest BCUT2D eigenvalue weighted by molar-refractivity contribution is 5.91. The van der Waals surface area contributed by atoms with Gasteiger partial charge < -0.3 is 25.2 Å². The van der Waals surface area contributed by atoms with Crippen molar-refractivity contribution in [3.05, 3.63) is 29.8 Å². The van der Waals surface area contributed by atoms with E-state index < -0.39 is 17.8 Å². The van der Waals surface area contributed by atoms with Gasteiger partial charge in [0, 0.05) is 24.8 Å². The van der Waals surface area contributed by atoms with E-state index in [9.17, 15) is 14.7 Å². The Kier molecular flexibility index (Phi) is 10.3. The number of carbonyl (C=O) groups excluding carboxylic acids is 2. The molecule has 1 fully saturated rings. The largest absolute Gasteiger partial charge is 0.497 e. The van der Waals surface area contributed by atoms with Crippen LogP contribution in [0, 0.1) is 17.8 Å². The first-order valence-corrected chi connectivity index (χ1v) is 12.2. The normalized spacial score (nSPS) is 24.5. The van der Waals surface area contributed by atoms with E-state index in [1.807, 2.05) is 38.4 Å². The van der Waals surface area contributed by atoms with Gasteiger partial charge in [0.2, 0.25) is 5.91 Å². The molecule has 1 aromatic carbocycles. The zero-order valence-corrected chi connectivity index (χ0v) is 21.5. The summed E-state index contributed by atoms with van der Waals surface area (Å²) < 4.78 is 11.0. The van der Waals surface area contributed by atoms with Gasteiger partial charge in [-0.3, -0.25) is 10.1 Å². The molecule has 1 saturated carbocycles. The Morgan fingerprint density at radius 3 is 2.56 bits per heavy atom. The molecule has 1 aliphatic rings. The lowest BCUT2D eigenvalue weighted by Crippen LogP contribution is -2.51. The van der Waals surface area contributed by atoms with Gasteiger partial charge in [-0.05, 0) is 76.4 Å². The van der Waals surface area contributed by atoms with Crippen molar-refractivity contribution in [1.82, 2.24) is 10.2 Å². The van der Waals surface area contributed by atoms with Gasteiger partial charge in [0.1, 0.15) is 11.9 Å². The molecule has 192 valence electrons. The number of nitrogens with one attached hydrogen (secondary N) is 1. The van der Waals surface area contributed by atoms with Crippen molar-refractivity contribution in [2.24, 2.45) is 23.5 Å². The summed E-state index contributed by atoms with van der Waals surface area (Å²) in [6.45, 7) is 6.63. The standard InChI is InChI=1S/C26H43N3O5/c1-17(2)12-19(16-27)13-24(30)28-25(31)34-22-10-11-23(18(3)29(4)5)26(32,15-22)20-8-7-9-21(14-20)33-6/h7-9,14,17-19,22-23,32H,10-13,15-16,27H2,1-6H3,(H,28,30,31). The molecule has 8 heteroatoms. The SMILES string of the molecule is COc1cccc(C2(O)CC(OC(=O)NC(=O)CC(CN)CC(C)C)CCC2C(C)N(C)C)c1. The highest BCUT2D eigenvalue weighted by atomic mass is 16.6. The Morgan fingerprint density at radius 2 is 1.97 bits per heavy atom. The Morgan fingerprint density at radius 1 is 1.26 bits per heavy atom. The zero-order chi connectivity index (χ0) is 25.5. The van der Waals surface area contributed by atoms with Crippen LogP contribution >= 0.6 is 0 Å². The molecule has 2 rings (SSSR count). The number of aliphatic hydroxyl groups is 1. The van der Waals surface area contributed by atoms with Gasteiger partial charge in [0.25, 0.3) is 0 Å². The summed E-state index contributed by atoms with van der Waals surface area (Å²) in [6.07, 6.45) is 1.23. The third-order valence-corrected chi connectivity index (χ3v) is 7.05. The number of alkyl carbamates (subject to hydrolysis) is 1. The third kappa shape index (κ3) is 7.42. The second-order valence-corrected chi connectivity index (χ2v) is 10.3. The van der Waals surface area contributed by atoms with Crippen LogP contribution in [-0.4, -0.2) is 61.9 Å². The topological polar surface area (TPSA) is 114 Å². The molecule has 2 amide bonds. The minimum atomic E-state index is -1.21. The zero-order valence-electron chi connectivity index (χ0n) is 21.5. The first kappa shape index (κ1) is 28.1. The summed E-state index contributed by atoms with van der Waals surface area (Å²) >= 11 is 0. The number of amides is 2. The highest BCUT2D eigenvalue weighted by Gasteiger charge is 2.48. The van der Waals surface area contributed by atoms with Crippen LogP contribution in [0.3, 0.4) is 0 Å². The number of hydrogen-bond acceptors (Lipinski definition) is 7. The molecule has 0 aliphatic heterocycles. The maximum Gasteiger partial charge on any atom is 0.414 e. The quantitative estimate of drug-likeness (QED) is 0.474. The summed E-state index contributed by atoms with van der Waals surface area (Å²) in [7, 11) is 5.58. The van der Waals surface area contributed by atoms with E-state index in [0.717, 1.165) is 12.0 Å². The predicted molar refractivity (Wildman–Crippen MR) is 132 cm³/mol. The molecule has 5 unspecified atom stereocenters. The Balaban J connectivity index is 2.11. The smallest absolute Gasteiger partial charge is 0.414 e. The molecule has 0 aromatic heterocycles. The molecule has 0 spiro atoms. The number of benzene rings is 1. The van der Waals surface area contributed by atoms with Gasteiger partial charge in [0.15, 0.2) is 0 Å². The summed E-state index contributed by atoms with van der Waals surface area (Å²) in [4.78, 5) is 26.9. The minimum absolute atomic E-state index is 0.0221. The maximum atomic E-state index is 12.5. The van der Waals surface area contributed by atoms with E-state index >= 15 is 0 Å². The average molecular weight is 478 g/mol. The molecule has 1 aromatic rings. The fourth-order valence-corrected chi connectivity index (χ4v) is 5.07. The van der Waals surface area contributed by atoms with Crippen LogP contribution in [0.15, 0.2) is 24.3 Å². The lowest BCUT2D eigenvalue weighted by atomic mass is 9.67. The van der Waals surface area contributed by atoms with Gasteiger partial charge in [-0.25, -0.2) is 4.79 Å². The van der Waals surface area contributed by atoms with Crippen molar-refractivity contribution in [2.45, 2.75) is 70.6 Å². The summed E-state index contributed by atoms with van der Waals surface area (Å²) in [5, 5.41) is 14.3. The van der Waals surface area contributed by atoms with Crippen LogP contribution in [0.4, 0.5) is 4.79 Å². The number of hydrogen-bond donors (Lipinski definition) is 3. The first-order chi connectivity index (χ1) is 16.0. The van der Waals surface area contributed by atoms with Gasteiger partial charge in [-0.1, -0.05) is 26.0 Å². The van der Waals surface area contributed by atoms with Gasteiger partial charge >= 0.3 is 6.09 Å². The summed E-state index contributed by atoms with van der Waals surface area (Å²) in [6, 6.07) is 7.50. The highest BCUT2D eigenvalue weighted by Crippen LogP contribution is 2.45. The summed E-state index contributed by atoms with van der Waals surface area (Å²) in [5.74, 6) is 0.639. The lowest BCUT2D eigenvalue weighted by molar-refractivity contribution is -0.123. The van der Waals surface area contributed by atoms with Crippen LogP contribution in [0.25, 0.3) is 0 Å². The number of methoxy groups -OCH3 is 1. The van der Waals surface area contributed by atoms with Crippen LogP contribution < -0.4 is 15.8 Å². The van der Waals surface area contributed by atoms with E-state index in [4.69, 9.17) is 15.2 Å². The predicted octanol–water partition coefficient (Wildman–Crippen LogP) is 3.27. The average Bonchev–Trinajstić information content (AvgIpc) is 2.77. The fraction of sp³-hybridized carbons (Fsp3) is 0.692.